The highest BCUT2D eigenvalue weighted by atomic mass is 35.5. The molecule has 0 atom stereocenters. The molecule has 0 fully saturated rings. The Morgan fingerprint density at radius 1 is 1.47 bits per heavy atom. The monoisotopic (exact) mass is 257 g/mol. The van der Waals surface area contributed by atoms with Gasteiger partial charge in [0.05, 0.1) is 17.4 Å². The van der Waals surface area contributed by atoms with Crippen molar-refractivity contribution in [2.45, 2.75) is 0 Å². The van der Waals surface area contributed by atoms with Gasteiger partial charge in [0, 0.05) is 13.2 Å². The van der Waals surface area contributed by atoms with E-state index >= 15 is 0 Å². The van der Waals surface area contributed by atoms with Crippen molar-refractivity contribution in [2.75, 3.05) is 13.9 Å². The maximum atomic E-state index is 13.7. The minimum atomic E-state index is -0.509. The van der Waals surface area contributed by atoms with Crippen molar-refractivity contribution in [2.24, 2.45) is 0 Å². The SMILES string of the molecule is COCOc1cc(-n2ccnn2)c(F)cc1Cl. The van der Waals surface area contributed by atoms with Crippen molar-refractivity contribution >= 4 is 11.6 Å². The fourth-order valence-corrected chi connectivity index (χ4v) is 1.47. The third kappa shape index (κ3) is 2.54. The molecule has 0 spiro atoms. The van der Waals surface area contributed by atoms with Gasteiger partial charge in [-0.05, 0) is 6.07 Å². The first-order valence-corrected chi connectivity index (χ1v) is 5.07. The number of hydrogen-bond donors (Lipinski definition) is 0. The molecule has 1 heterocycles. The van der Waals surface area contributed by atoms with Crippen LogP contribution in [0.1, 0.15) is 0 Å². The molecule has 5 nitrogen and oxygen atoms in total. The number of methoxy groups -OCH3 is 1. The Morgan fingerprint density at radius 3 is 2.94 bits per heavy atom. The maximum Gasteiger partial charge on any atom is 0.188 e. The van der Waals surface area contributed by atoms with Gasteiger partial charge in [-0.1, -0.05) is 16.8 Å². The van der Waals surface area contributed by atoms with Gasteiger partial charge in [-0.25, -0.2) is 9.07 Å². The third-order valence-corrected chi connectivity index (χ3v) is 2.30. The molecule has 0 N–H and O–H groups in total. The van der Waals surface area contributed by atoms with Crippen molar-refractivity contribution in [3.05, 3.63) is 35.4 Å². The second-order valence-electron chi connectivity index (χ2n) is 3.13. The normalized spacial score (nSPS) is 10.5. The van der Waals surface area contributed by atoms with E-state index in [0.29, 0.717) is 5.75 Å². The molecular formula is C10H9ClFN3O2. The van der Waals surface area contributed by atoms with E-state index in [2.05, 4.69) is 10.3 Å². The van der Waals surface area contributed by atoms with E-state index in [9.17, 15) is 4.39 Å². The molecule has 7 heteroatoms. The van der Waals surface area contributed by atoms with Gasteiger partial charge in [-0.2, -0.15) is 0 Å². The lowest BCUT2D eigenvalue weighted by molar-refractivity contribution is 0.0511. The van der Waals surface area contributed by atoms with Crippen LogP contribution < -0.4 is 4.74 Å². The van der Waals surface area contributed by atoms with Crippen molar-refractivity contribution in [3.63, 3.8) is 0 Å². The molecule has 0 aliphatic heterocycles. The summed E-state index contributed by atoms with van der Waals surface area (Å²) in [7, 11) is 1.48. The summed E-state index contributed by atoms with van der Waals surface area (Å²) in [4.78, 5) is 0. The highest BCUT2D eigenvalue weighted by Crippen LogP contribution is 2.29. The first-order valence-electron chi connectivity index (χ1n) is 4.70. The summed E-state index contributed by atoms with van der Waals surface area (Å²) < 4.78 is 24.9. The molecule has 0 radical (unpaired) electrons. The summed E-state index contributed by atoms with van der Waals surface area (Å²) in [6.07, 6.45) is 2.97. The molecule has 0 saturated heterocycles. The molecule has 0 saturated carbocycles. The van der Waals surface area contributed by atoms with Gasteiger partial charge >= 0.3 is 0 Å². The predicted molar refractivity (Wildman–Crippen MR) is 58.8 cm³/mol. The van der Waals surface area contributed by atoms with Gasteiger partial charge in [0.1, 0.15) is 11.4 Å². The van der Waals surface area contributed by atoms with Crippen LogP contribution in [0.15, 0.2) is 24.5 Å². The number of halogens is 2. The van der Waals surface area contributed by atoms with Crippen LogP contribution in [0.2, 0.25) is 5.02 Å². The van der Waals surface area contributed by atoms with E-state index in [0.717, 1.165) is 6.07 Å². The average Bonchev–Trinajstić information content (AvgIpc) is 2.81. The van der Waals surface area contributed by atoms with Crippen LogP contribution in [0.25, 0.3) is 5.69 Å². The van der Waals surface area contributed by atoms with Crippen molar-refractivity contribution < 1.29 is 13.9 Å². The molecule has 0 aliphatic rings. The van der Waals surface area contributed by atoms with Gasteiger partial charge in [-0.15, -0.1) is 5.10 Å². The van der Waals surface area contributed by atoms with Crippen LogP contribution in [-0.4, -0.2) is 28.9 Å². The summed E-state index contributed by atoms with van der Waals surface area (Å²) in [6, 6.07) is 2.59. The minimum Gasteiger partial charge on any atom is -0.466 e. The second-order valence-corrected chi connectivity index (χ2v) is 3.54. The molecule has 0 bridgehead atoms. The van der Waals surface area contributed by atoms with Crippen LogP contribution in [-0.2, 0) is 4.74 Å². The minimum absolute atomic E-state index is 0.0299. The van der Waals surface area contributed by atoms with Gasteiger partial charge in [0.15, 0.2) is 12.6 Å². The summed E-state index contributed by atoms with van der Waals surface area (Å²) in [5.41, 5.74) is 0.206. The van der Waals surface area contributed by atoms with Gasteiger partial charge in [0.25, 0.3) is 0 Å². The van der Waals surface area contributed by atoms with Crippen LogP contribution in [0.3, 0.4) is 0 Å². The van der Waals surface area contributed by atoms with Gasteiger partial charge in [-0.3, -0.25) is 0 Å². The van der Waals surface area contributed by atoms with Crippen molar-refractivity contribution in [3.8, 4) is 11.4 Å². The Labute approximate surface area is 102 Å². The largest absolute Gasteiger partial charge is 0.466 e. The molecule has 90 valence electrons. The highest BCUT2D eigenvalue weighted by Gasteiger charge is 2.11. The van der Waals surface area contributed by atoms with E-state index in [1.54, 1.807) is 0 Å². The molecule has 1 aromatic heterocycles. The fraction of sp³-hybridized carbons (Fsp3) is 0.200. The quantitative estimate of drug-likeness (QED) is 0.787. The molecular weight excluding hydrogens is 249 g/mol. The predicted octanol–water partition coefficient (Wildman–Crippen LogP) is 2.04. The molecule has 0 unspecified atom stereocenters. The molecule has 0 amide bonds. The average molecular weight is 258 g/mol. The number of rotatable bonds is 4. The second kappa shape index (κ2) is 5.11. The Balaban J connectivity index is 2.39. The summed E-state index contributed by atoms with van der Waals surface area (Å²) in [6.45, 7) is 0.0299. The van der Waals surface area contributed by atoms with Crippen molar-refractivity contribution in [1.82, 2.24) is 15.0 Å². The van der Waals surface area contributed by atoms with Crippen LogP contribution in [0.5, 0.6) is 5.75 Å². The lowest BCUT2D eigenvalue weighted by Gasteiger charge is -2.09. The molecule has 2 aromatic rings. The van der Waals surface area contributed by atoms with Crippen LogP contribution in [0.4, 0.5) is 4.39 Å². The Hall–Kier alpha value is -1.66. The first-order chi connectivity index (χ1) is 8.22. The van der Waals surface area contributed by atoms with E-state index in [4.69, 9.17) is 21.1 Å². The Bertz CT molecular complexity index is 505. The van der Waals surface area contributed by atoms with Gasteiger partial charge < -0.3 is 9.47 Å². The maximum absolute atomic E-state index is 13.7. The van der Waals surface area contributed by atoms with E-state index in [1.165, 1.54) is 30.3 Å². The number of nitrogens with zero attached hydrogens (tertiary/aromatic N) is 3. The first kappa shape index (κ1) is 11.8. The lowest BCUT2D eigenvalue weighted by Crippen LogP contribution is -2.03. The number of aromatic nitrogens is 3. The Kier molecular flexibility index (Phi) is 3.55. The third-order valence-electron chi connectivity index (χ3n) is 2.00. The summed E-state index contributed by atoms with van der Waals surface area (Å²) in [5, 5.41) is 7.47. The molecule has 2 rings (SSSR count). The number of hydrogen-bond acceptors (Lipinski definition) is 4. The van der Waals surface area contributed by atoms with E-state index < -0.39 is 5.82 Å². The fourth-order valence-electron chi connectivity index (χ4n) is 1.26. The zero-order valence-corrected chi connectivity index (χ0v) is 9.69. The lowest BCUT2D eigenvalue weighted by atomic mass is 10.3. The summed E-state index contributed by atoms with van der Waals surface area (Å²) in [5.74, 6) is -0.189. The Morgan fingerprint density at radius 2 is 2.29 bits per heavy atom. The topological polar surface area (TPSA) is 49.2 Å². The van der Waals surface area contributed by atoms with Gasteiger partial charge in [0.2, 0.25) is 0 Å². The zero-order valence-electron chi connectivity index (χ0n) is 8.93. The standard InChI is InChI=1S/C10H9ClFN3O2/c1-16-6-17-10-5-9(8(12)4-7(10)11)15-3-2-13-14-15/h2-5H,6H2,1H3. The number of benzene rings is 1. The molecule has 1 aromatic carbocycles. The van der Waals surface area contributed by atoms with E-state index in [-0.39, 0.29) is 17.5 Å². The van der Waals surface area contributed by atoms with E-state index in [1.807, 2.05) is 0 Å². The molecule has 17 heavy (non-hydrogen) atoms. The smallest absolute Gasteiger partial charge is 0.188 e. The van der Waals surface area contributed by atoms with Crippen molar-refractivity contribution in [1.29, 1.82) is 0 Å². The van der Waals surface area contributed by atoms with Crippen LogP contribution in [0, 0.1) is 5.82 Å². The number of ether oxygens (including phenoxy) is 2. The zero-order chi connectivity index (χ0) is 12.3. The van der Waals surface area contributed by atoms with Crippen LogP contribution >= 0.6 is 11.6 Å². The molecule has 0 aliphatic carbocycles. The summed E-state index contributed by atoms with van der Waals surface area (Å²) >= 11 is 5.83. The highest BCUT2D eigenvalue weighted by molar-refractivity contribution is 6.32.